The molecule has 0 amide bonds. The molecule has 1 aliphatic heterocycles. The van der Waals surface area contributed by atoms with E-state index in [1.54, 1.807) is 18.2 Å². The summed E-state index contributed by atoms with van der Waals surface area (Å²) in [5, 5.41) is 1.09. The van der Waals surface area contributed by atoms with Crippen LogP contribution in [0.3, 0.4) is 0 Å². The molecule has 0 radical (unpaired) electrons. The third-order valence-electron chi connectivity index (χ3n) is 5.61. The van der Waals surface area contributed by atoms with Crippen molar-refractivity contribution in [1.29, 1.82) is 0 Å². The van der Waals surface area contributed by atoms with E-state index < -0.39 is 0 Å². The minimum atomic E-state index is -0.129. The van der Waals surface area contributed by atoms with Crippen molar-refractivity contribution in [1.82, 2.24) is 19.8 Å². The lowest BCUT2D eigenvalue weighted by molar-refractivity contribution is 0.120. The zero-order valence-electron chi connectivity index (χ0n) is 17.0. The van der Waals surface area contributed by atoms with E-state index in [2.05, 4.69) is 57.9 Å². The Morgan fingerprint density at radius 2 is 1.66 bits per heavy atom. The van der Waals surface area contributed by atoms with Crippen LogP contribution in [0.15, 0.2) is 47.3 Å². The average Bonchev–Trinajstić information content (AvgIpc) is 2.70. The van der Waals surface area contributed by atoms with Crippen molar-refractivity contribution in [2.45, 2.75) is 32.9 Å². The van der Waals surface area contributed by atoms with E-state index in [9.17, 15) is 4.79 Å². The van der Waals surface area contributed by atoms with Crippen molar-refractivity contribution in [2.24, 2.45) is 0 Å². The van der Waals surface area contributed by atoms with Gasteiger partial charge in [-0.2, -0.15) is 0 Å². The first kappa shape index (κ1) is 20.1. The lowest BCUT2D eigenvalue weighted by Crippen LogP contribution is -2.45. The highest BCUT2D eigenvalue weighted by molar-refractivity contribution is 6.31. The maximum atomic E-state index is 12.3. The fraction of sp³-hybridized carbons (Fsp3) is 0.391. The van der Waals surface area contributed by atoms with Gasteiger partial charge in [0.1, 0.15) is 5.82 Å². The molecule has 3 aromatic rings. The van der Waals surface area contributed by atoms with Gasteiger partial charge in [0, 0.05) is 37.7 Å². The number of aromatic amines is 1. The van der Waals surface area contributed by atoms with E-state index in [0.29, 0.717) is 34.2 Å². The zero-order valence-corrected chi connectivity index (χ0v) is 17.7. The van der Waals surface area contributed by atoms with Gasteiger partial charge >= 0.3 is 0 Å². The van der Waals surface area contributed by atoms with Crippen molar-refractivity contribution in [3.63, 3.8) is 0 Å². The topological polar surface area (TPSA) is 52.2 Å². The molecule has 2 heterocycles. The van der Waals surface area contributed by atoms with Crippen LogP contribution in [-0.4, -0.2) is 45.9 Å². The molecule has 0 spiro atoms. The summed E-state index contributed by atoms with van der Waals surface area (Å²) in [5.41, 5.74) is 3.31. The fourth-order valence-corrected chi connectivity index (χ4v) is 3.99. The molecule has 0 bridgehead atoms. The molecular formula is C23H27ClN4O. The molecule has 0 saturated carbocycles. The van der Waals surface area contributed by atoms with Crippen molar-refractivity contribution < 1.29 is 0 Å². The Balaban J connectivity index is 1.34. The Hall–Kier alpha value is -2.21. The minimum Gasteiger partial charge on any atom is -0.309 e. The van der Waals surface area contributed by atoms with Gasteiger partial charge in [0.15, 0.2) is 0 Å². The smallest absolute Gasteiger partial charge is 0.258 e. The van der Waals surface area contributed by atoms with Crippen LogP contribution in [0.25, 0.3) is 10.9 Å². The van der Waals surface area contributed by atoms with E-state index in [4.69, 9.17) is 11.6 Å². The number of piperazine rings is 1. The van der Waals surface area contributed by atoms with E-state index >= 15 is 0 Å². The Morgan fingerprint density at radius 1 is 1.00 bits per heavy atom. The first-order valence-corrected chi connectivity index (χ1v) is 10.6. The first-order valence-electron chi connectivity index (χ1n) is 10.2. The summed E-state index contributed by atoms with van der Waals surface area (Å²) in [6, 6.07) is 14.2. The maximum Gasteiger partial charge on any atom is 0.258 e. The number of nitrogens with zero attached hydrogens (tertiary/aromatic N) is 3. The third-order valence-corrected chi connectivity index (χ3v) is 5.84. The van der Waals surface area contributed by atoms with Gasteiger partial charge in [-0.1, -0.05) is 49.7 Å². The van der Waals surface area contributed by atoms with Crippen LogP contribution in [0.2, 0.25) is 5.02 Å². The molecule has 0 unspecified atom stereocenters. The summed E-state index contributed by atoms with van der Waals surface area (Å²) >= 11 is 5.99. The number of fused-ring (bicyclic) bond motifs is 1. The highest BCUT2D eigenvalue weighted by Gasteiger charge is 2.18. The van der Waals surface area contributed by atoms with Crippen LogP contribution in [-0.2, 0) is 13.1 Å². The Labute approximate surface area is 176 Å². The van der Waals surface area contributed by atoms with Crippen molar-refractivity contribution in [2.75, 3.05) is 26.2 Å². The van der Waals surface area contributed by atoms with Gasteiger partial charge in [-0.3, -0.25) is 14.6 Å². The molecule has 6 heteroatoms. The van der Waals surface area contributed by atoms with Crippen molar-refractivity contribution in [3.8, 4) is 0 Å². The van der Waals surface area contributed by atoms with Gasteiger partial charge < -0.3 is 4.98 Å². The number of benzene rings is 2. The Morgan fingerprint density at radius 3 is 2.31 bits per heavy atom. The molecule has 152 valence electrons. The summed E-state index contributed by atoms with van der Waals surface area (Å²) in [6.07, 6.45) is 0. The predicted octanol–water partition coefficient (Wildman–Crippen LogP) is 4.02. The normalized spacial score (nSPS) is 16.0. The molecule has 2 aromatic carbocycles. The number of hydrogen-bond acceptors (Lipinski definition) is 4. The summed E-state index contributed by atoms with van der Waals surface area (Å²) in [5.74, 6) is 1.28. The van der Waals surface area contributed by atoms with Crippen molar-refractivity contribution >= 4 is 22.5 Å². The molecule has 1 N–H and O–H groups in total. The third kappa shape index (κ3) is 4.86. The van der Waals surface area contributed by atoms with E-state index in [1.165, 1.54) is 11.1 Å². The van der Waals surface area contributed by atoms with Crippen LogP contribution in [0, 0.1) is 0 Å². The minimum absolute atomic E-state index is 0.129. The predicted molar refractivity (Wildman–Crippen MR) is 118 cm³/mol. The quantitative estimate of drug-likeness (QED) is 0.690. The number of rotatable bonds is 5. The highest BCUT2D eigenvalue weighted by Crippen LogP contribution is 2.17. The van der Waals surface area contributed by atoms with Crippen LogP contribution in [0.4, 0.5) is 0 Å². The summed E-state index contributed by atoms with van der Waals surface area (Å²) < 4.78 is 0. The average molecular weight is 411 g/mol. The number of H-pyrrole nitrogens is 1. The number of halogens is 1. The summed E-state index contributed by atoms with van der Waals surface area (Å²) in [7, 11) is 0. The Bertz CT molecular complexity index is 1040. The summed E-state index contributed by atoms with van der Waals surface area (Å²) in [4.78, 5) is 24.7. The molecule has 1 fully saturated rings. The molecule has 4 rings (SSSR count). The number of aromatic nitrogens is 2. The van der Waals surface area contributed by atoms with Gasteiger partial charge in [-0.05, 0) is 35.2 Å². The Kier molecular flexibility index (Phi) is 5.99. The largest absolute Gasteiger partial charge is 0.309 e. The SMILES string of the molecule is CC(C)c1ccc(CN2CCN(Cc3nc4ccc(Cl)cc4c(=O)[nH]3)CC2)cc1. The molecule has 29 heavy (non-hydrogen) atoms. The first-order chi connectivity index (χ1) is 14.0. The molecule has 0 atom stereocenters. The zero-order chi connectivity index (χ0) is 20.4. The van der Waals surface area contributed by atoms with Gasteiger partial charge in [-0.25, -0.2) is 4.98 Å². The van der Waals surface area contributed by atoms with Crippen LogP contribution >= 0.6 is 11.6 Å². The standard InChI is InChI=1S/C23H27ClN4O/c1-16(2)18-5-3-17(4-6-18)14-27-9-11-28(12-10-27)15-22-25-21-8-7-19(24)13-20(21)23(29)26-22/h3-8,13,16H,9-12,14-15H2,1-2H3,(H,25,26,29). The van der Waals surface area contributed by atoms with Crippen LogP contribution < -0.4 is 5.56 Å². The van der Waals surface area contributed by atoms with E-state index in [1.807, 2.05) is 0 Å². The monoisotopic (exact) mass is 410 g/mol. The van der Waals surface area contributed by atoms with Gasteiger partial charge in [0.05, 0.1) is 17.4 Å². The van der Waals surface area contributed by atoms with Crippen LogP contribution in [0.5, 0.6) is 0 Å². The molecule has 1 aromatic heterocycles. The molecule has 0 aliphatic carbocycles. The van der Waals surface area contributed by atoms with Gasteiger partial charge in [0.2, 0.25) is 0 Å². The lowest BCUT2D eigenvalue weighted by atomic mass is 10.0. The lowest BCUT2D eigenvalue weighted by Gasteiger charge is -2.34. The van der Waals surface area contributed by atoms with E-state index in [0.717, 1.165) is 32.7 Å². The second-order valence-electron chi connectivity index (χ2n) is 8.12. The fourth-order valence-electron chi connectivity index (χ4n) is 3.82. The van der Waals surface area contributed by atoms with Gasteiger partial charge in [-0.15, -0.1) is 0 Å². The van der Waals surface area contributed by atoms with Crippen LogP contribution in [0.1, 0.15) is 36.7 Å². The molecule has 1 saturated heterocycles. The van der Waals surface area contributed by atoms with E-state index in [-0.39, 0.29) is 5.56 Å². The molecular weight excluding hydrogens is 384 g/mol. The second-order valence-corrected chi connectivity index (χ2v) is 8.56. The van der Waals surface area contributed by atoms with Crippen molar-refractivity contribution in [3.05, 3.63) is 74.8 Å². The molecule has 1 aliphatic rings. The highest BCUT2D eigenvalue weighted by atomic mass is 35.5. The number of nitrogens with one attached hydrogen (secondary N) is 1. The second kappa shape index (κ2) is 8.66. The van der Waals surface area contributed by atoms with Gasteiger partial charge in [0.25, 0.3) is 5.56 Å². The summed E-state index contributed by atoms with van der Waals surface area (Å²) in [6.45, 7) is 10.0. The molecule has 5 nitrogen and oxygen atoms in total. The maximum absolute atomic E-state index is 12.3. The number of hydrogen-bond donors (Lipinski definition) is 1.